The first-order chi connectivity index (χ1) is 14.0. The Hall–Kier alpha value is -1.70. The number of piperazine rings is 1. The van der Waals surface area contributed by atoms with Crippen molar-refractivity contribution < 1.29 is 4.79 Å². The fourth-order valence-corrected chi connectivity index (χ4v) is 4.16. The number of anilines is 2. The van der Waals surface area contributed by atoms with Crippen molar-refractivity contribution >= 4 is 52.4 Å². The van der Waals surface area contributed by atoms with Crippen LogP contribution in [0.3, 0.4) is 0 Å². The van der Waals surface area contributed by atoms with E-state index in [0.717, 1.165) is 55.5 Å². The second-order valence-electron chi connectivity index (χ2n) is 6.78. The monoisotopic (exact) mass is 453 g/mol. The fraction of sp³-hybridized carbons (Fsp3) is 0.450. The van der Waals surface area contributed by atoms with E-state index in [0.29, 0.717) is 16.9 Å². The number of hydrogen-bond donors (Lipinski definition) is 1. The molecule has 156 valence electrons. The van der Waals surface area contributed by atoms with E-state index >= 15 is 0 Å². The zero-order valence-electron chi connectivity index (χ0n) is 16.4. The largest absolute Gasteiger partial charge is 0.368 e. The van der Waals surface area contributed by atoms with Gasteiger partial charge in [-0.3, -0.25) is 4.79 Å². The zero-order valence-corrected chi connectivity index (χ0v) is 18.7. The molecule has 1 N–H and O–H groups in total. The van der Waals surface area contributed by atoms with Crippen molar-refractivity contribution in [3.05, 3.63) is 40.5 Å². The normalized spacial score (nSPS) is 14.2. The Morgan fingerprint density at radius 1 is 1.14 bits per heavy atom. The van der Waals surface area contributed by atoms with Crippen LogP contribution < -0.4 is 15.1 Å². The predicted octanol–water partition coefficient (Wildman–Crippen LogP) is 4.12. The van der Waals surface area contributed by atoms with E-state index in [-0.39, 0.29) is 11.7 Å². The lowest BCUT2D eigenvalue weighted by atomic mass is 10.2. The Kier molecular flexibility index (Phi) is 8.27. The highest BCUT2D eigenvalue weighted by molar-refractivity contribution is 7.99. The first kappa shape index (κ1) is 22.0. The molecule has 0 unspecified atom stereocenters. The van der Waals surface area contributed by atoms with Gasteiger partial charge in [0.1, 0.15) is 11.0 Å². The summed E-state index contributed by atoms with van der Waals surface area (Å²) in [6.45, 7) is 6.17. The van der Waals surface area contributed by atoms with E-state index in [9.17, 15) is 4.79 Å². The van der Waals surface area contributed by atoms with Gasteiger partial charge in [0, 0.05) is 49.5 Å². The van der Waals surface area contributed by atoms with E-state index in [1.807, 2.05) is 18.2 Å². The molecule has 0 bridgehead atoms. The molecule has 1 amide bonds. The molecule has 0 radical (unpaired) electrons. The summed E-state index contributed by atoms with van der Waals surface area (Å²) in [7, 11) is 0. The van der Waals surface area contributed by atoms with Crippen LogP contribution in [0.5, 0.6) is 0 Å². The molecule has 0 aliphatic carbocycles. The number of carbonyl (C=O) groups excluding carboxylic acids is 1. The molecule has 3 rings (SSSR count). The van der Waals surface area contributed by atoms with E-state index in [4.69, 9.17) is 23.2 Å². The van der Waals surface area contributed by atoms with Crippen molar-refractivity contribution in [2.24, 2.45) is 0 Å². The van der Waals surface area contributed by atoms with Gasteiger partial charge < -0.3 is 15.1 Å². The highest BCUT2D eigenvalue weighted by Gasteiger charge is 2.20. The lowest BCUT2D eigenvalue weighted by Gasteiger charge is -2.36. The molecule has 0 saturated carbocycles. The molecule has 1 saturated heterocycles. The average molecular weight is 454 g/mol. The molecule has 1 fully saturated rings. The number of amides is 1. The standard InChI is InChI=1S/C20H25Cl2N5OS/c1-2-3-7-23-19(28)14-29-20-24-17(22)13-18(25-20)27-10-8-26(9-11-27)16-6-4-5-15(21)12-16/h4-6,12-13H,2-3,7-11,14H2,1H3,(H,23,28). The average Bonchev–Trinajstić information content (AvgIpc) is 2.72. The fourth-order valence-electron chi connectivity index (χ4n) is 3.06. The second kappa shape index (κ2) is 10.9. The number of nitrogens with one attached hydrogen (secondary N) is 1. The van der Waals surface area contributed by atoms with E-state index in [1.165, 1.54) is 11.8 Å². The molecule has 1 aliphatic rings. The SMILES string of the molecule is CCCCNC(=O)CSc1nc(Cl)cc(N2CCN(c3cccc(Cl)c3)CC2)n1. The van der Waals surface area contributed by atoms with Gasteiger partial charge in [-0.25, -0.2) is 9.97 Å². The number of halogens is 2. The molecule has 0 atom stereocenters. The molecular weight excluding hydrogens is 429 g/mol. The molecule has 2 heterocycles. The summed E-state index contributed by atoms with van der Waals surface area (Å²) in [6.07, 6.45) is 2.04. The topological polar surface area (TPSA) is 61.4 Å². The van der Waals surface area contributed by atoms with Crippen LogP contribution in [-0.2, 0) is 4.79 Å². The summed E-state index contributed by atoms with van der Waals surface area (Å²) in [5.41, 5.74) is 1.13. The third kappa shape index (κ3) is 6.66. The van der Waals surface area contributed by atoms with Gasteiger partial charge in [-0.15, -0.1) is 0 Å². The highest BCUT2D eigenvalue weighted by atomic mass is 35.5. The van der Waals surface area contributed by atoms with Crippen LogP contribution in [0, 0.1) is 0 Å². The number of carbonyl (C=O) groups is 1. The van der Waals surface area contributed by atoms with Crippen LogP contribution in [-0.4, -0.2) is 54.4 Å². The summed E-state index contributed by atoms with van der Waals surface area (Å²) in [5.74, 6) is 1.07. The Bertz CT molecular complexity index is 830. The van der Waals surface area contributed by atoms with Crippen molar-refractivity contribution in [2.45, 2.75) is 24.9 Å². The maximum absolute atomic E-state index is 11.9. The number of nitrogens with zero attached hydrogens (tertiary/aromatic N) is 4. The van der Waals surface area contributed by atoms with Crippen molar-refractivity contribution in [3.63, 3.8) is 0 Å². The van der Waals surface area contributed by atoms with Gasteiger partial charge in [0.2, 0.25) is 5.91 Å². The van der Waals surface area contributed by atoms with Gasteiger partial charge in [-0.2, -0.15) is 0 Å². The smallest absolute Gasteiger partial charge is 0.230 e. The van der Waals surface area contributed by atoms with Gasteiger partial charge in [0.25, 0.3) is 0 Å². The summed E-state index contributed by atoms with van der Waals surface area (Å²) in [5, 5.41) is 4.55. The van der Waals surface area contributed by atoms with E-state index < -0.39 is 0 Å². The third-order valence-corrected chi connectivity index (χ3v) is 5.90. The van der Waals surface area contributed by atoms with Crippen LogP contribution in [0.25, 0.3) is 0 Å². The predicted molar refractivity (Wildman–Crippen MR) is 122 cm³/mol. The quantitative estimate of drug-likeness (QED) is 0.280. The summed E-state index contributed by atoms with van der Waals surface area (Å²) in [4.78, 5) is 25.3. The Labute approximate surface area is 186 Å². The molecule has 29 heavy (non-hydrogen) atoms. The molecule has 2 aromatic rings. The number of benzene rings is 1. The van der Waals surface area contributed by atoms with Crippen LogP contribution in [0.4, 0.5) is 11.5 Å². The van der Waals surface area contributed by atoms with Crippen molar-refractivity contribution in [2.75, 3.05) is 48.3 Å². The second-order valence-corrected chi connectivity index (χ2v) is 8.54. The number of aromatic nitrogens is 2. The Morgan fingerprint density at radius 3 is 2.62 bits per heavy atom. The minimum atomic E-state index is -0.0105. The maximum atomic E-state index is 11.9. The highest BCUT2D eigenvalue weighted by Crippen LogP contribution is 2.25. The maximum Gasteiger partial charge on any atom is 0.230 e. The molecule has 1 aromatic carbocycles. The number of unbranched alkanes of at least 4 members (excludes halogenated alkanes) is 1. The van der Waals surface area contributed by atoms with Crippen LogP contribution in [0.1, 0.15) is 19.8 Å². The molecule has 1 aromatic heterocycles. The minimum Gasteiger partial charge on any atom is -0.368 e. The molecule has 0 spiro atoms. The molecular formula is C20H25Cl2N5OS. The molecule has 1 aliphatic heterocycles. The summed E-state index contributed by atoms with van der Waals surface area (Å²) < 4.78 is 0. The van der Waals surface area contributed by atoms with Gasteiger partial charge in [-0.05, 0) is 24.6 Å². The first-order valence-corrected chi connectivity index (χ1v) is 11.5. The lowest BCUT2D eigenvalue weighted by molar-refractivity contribution is -0.118. The summed E-state index contributed by atoms with van der Waals surface area (Å²) in [6, 6.07) is 9.69. The van der Waals surface area contributed by atoms with Gasteiger partial charge >= 0.3 is 0 Å². The van der Waals surface area contributed by atoms with Crippen LogP contribution in [0.15, 0.2) is 35.5 Å². The van der Waals surface area contributed by atoms with Gasteiger partial charge in [0.15, 0.2) is 5.16 Å². The van der Waals surface area contributed by atoms with Crippen molar-refractivity contribution in [1.82, 2.24) is 15.3 Å². The first-order valence-electron chi connectivity index (χ1n) is 9.74. The molecule has 9 heteroatoms. The van der Waals surface area contributed by atoms with Crippen LogP contribution >= 0.6 is 35.0 Å². The number of thioether (sulfide) groups is 1. The number of hydrogen-bond acceptors (Lipinski definition) is 6. The Morgan fingerprint density at radius 2 is 1.90 bits per heavy atom. The zero-order chi connectivity index (χ0) is 20.6. The van der Waals surface area contributed by atoms with E-state index in [2.05, 4.69) is 38.1 Å². The Balaban J connectivity index is 1.56. The summed E-state index contributed by atoms with van der Waals surface area (Å²) >= 11 is 13.6. The van der Waals surface area contributed by atoms with Crippen LogP contribution in [0.2, 0.25) is 10.2 Å². The number of rotatable bonds is 8. The van der Waals surface area contributed by atoms with Crippen molar-refractivity contribution in [3.8, 4) is 0 Å². The van der Waals surface area contributed by atoms with Gasteiger partial charge in [0.05, 0.1) is 5.75 Å². The van der Waals surface area contributed by atoms with E-state index in [1.54, 1.807) is 6.07 Å². The minimum absolute atomic E-state index is 0.0105. The molecule has 6 nitrogen and oxygen atoms in total. The third-order valence-electron chi connectivity index (χ3n) is 4.62. The lowest BCUT2D eigenvalue weighted by Crippen LogP contribution is -2.46. The van der Waals surface area contributed by atoms with Crippen molar-refractivity contribution in [1.29, 1.82) is 0 Å². The van der Waals surface area contributed by atoms with Gasteiger partial charge in [-0.1, -0.05) is 54.4 Å².